The summed E-state index contributed by atoms with van der Waals surface area (Å²) in [5.74, 6) is 0.290. The van der Waals surface area contributed by atoms with Crippen molar-refractivity contribution in [2.45, 2.75) is 5.75 Å². The average molecular weight is 202 g/mol. The quantitative estimate of drug-likeness (QED) is 0.740. The van der Waals surface area contributed by atoms with E-state index < -0.39 is 10.0 Å². The molecule has 0 amide bonds. The third kappa shape index (κ3) is 3.39. The van der Waals surface area contributed by atoms with Gasteiger partial charge < -0.3 is 4.74 Å². The van der Waals surface area contributed by atoms with Gasteiger partial charge in [-0.3, -0.25) is 4.98 Å². The molecule has 1 aromatic rings. The van der Waals surface area contributed by atoms with Gasteiger partial charge in [-0.2, -0.15) is 0 Å². The molecule has 0 aliphatic heterocycles. The van der Waals surface area contributed by atoms with Crippen LogP contribution in [-0.4, -0.2) is 20.5 Å². The first-order chi connectivity index (χ1) is 6.01. The first-order valence-electron chi connectivity index (χ1n) is 3.49. The lowest BCUT2D eigenvalue weighted by Gasteiger charge is -2.01. The van der Waals surface area contributed by atoms with E-state index in [1.54, 1.807) is 6.07 Å². The molecular formula is C7H10N2O3S. The molecule has 6 heteroatoms. The third-order valence-electron chi connectivity index (χ3n) is 1.37. The van der Waals surface area contributed by atoms with Crippen LogP contribution in [0.5, 0.6) is 5.75 Å². The second-order valence-electron chi connectivity index (χ2n) is 2.54. The summed E-state index contributed by atoms with van der Waals surface area (Å²) >= 11 is 0. The van der Waals surface area contributed by atoms with E-state index in [-0.39, 0.29) is 5.75 Å². The zero-order chi connectivity index (χ0) is 9.90. The summed E-state index contributed by atoms with van der Waals surface area (Å²) in [5, 5.41) is 4.86. The number of nitrogens with zero attached hydrogens (tertiary/aromatic N) is 1. The Hall–Kier alpha value is -1.14. The Morgan fingerprint density at radius 2 is 2.23 bits per heavy atom. The number of nitrogens with two attached hydrogens (primary N) is 1. The minimum Gasteiger partial charge on any atom is -0.495 e. The standard InChI is InChI=1S/C7H10N2O3S/c1-12-7-2-6(3-9-4-7)5-13(8,10)11/h2-4H,5H2,1H3,(H2,8,10,11). The maximum Gasteiger partial charge on any atom is 0.213 e. The molecule has 1 rings (SSSR count). The van der Waals surface area contributed by atoms with Crippen LogP contribution in [0.4, 0.5) is 0 Å². The molecule has 0 fully saturated rings. The molecule has 0 radical (unpaired) electrons. The van der Waals surface area contributed by atoms with Crippen molar-refractivity contribution < 1.29 is 13.2 Å². The number of rotatable bonds is 3. The highest BCUT2D eigenvalue weighted by molar-refractivity contribution is 7.88. The minimum absolute atomic E-state index is 0.225. The van der Waals surface area contributed by atoms with Gasteiger partial charge in [0, 0.05) is 6.20 Å². The van der Waals surface area contributed by atoms with Crippen LogP contribution in [0.15, 0.2) is 18.5 Å². The van der Waals surface area contributed by atoms with Crippen LogP contribution in [0, 0.1) is 0 Å². The van der Waals surface area contributed by atoms with E-state index in [1.165, 1.54) is 19.5 Å². The summed E-state index contributed by atoms with van der Waals surface area (Å²) in [7, 11) is -2.01. The van der Waals surface area contributed by atoms with E-state index >= 15 is 0 Å². The Morgan fingerprint density at radius 1 is 1.54 bits per heavy atom. The number of pyridine rings is 1. The number of methoxy groups -OCH3 is 1. The van der Waals surface area contributed by atoms with Gasteiger partial charge in [0.15, 0.2) is 0 Å². The Balaban J connectivity index is 2.90. The molecule has 0 saturated heterocycles. The van der Waals surface area contributed by atoms with Crippen LogP contribution in [0.3, 0.4) is 0 Å². The van der Waals surface area contributed by atoms with Gasteiger partial charge in [0.1, 0.15) is 5.75 Å². The minimum atomic E-state index is -3.50. The molecule has 0 aliphatic rings. The molecular weight excluding hydrogens is 192 g/mol. The second-order valence-corrected chi connectivity index (χ2v) is 4.15. The van der Waals surface area contributed by atoms with Gasteiger partial charge in [0.2, 0.25) is 10.0 Å². The van der Waals surface area contributed by atoms with Crippen molar-refractivity contribution in [3.05, 3.63) is 24.0 Å². The van der Waals surface area contributed by atoms with Gasteiger partial charge in [-0.1, -0.05) is 0 Å². The summed E-state index contributed by atoms with van der Waals surface area (Å²) in [4.78, 5) is 3.79. The van der Waals surface area contributed by atoms with Crippen molar-refractivity contribution in [1.82, 2.24) is 4.98 Å². The van der Waals surface area contributed by atoms with Gasteiger partial charge in [-0.25, -0.2) is 13.6 Å². The number of hydrogen-bond acceptors (Lipinski definition) is 4. The van der Waals surface area contributed by atoms with Crippen molar-refractivity contribution >= 4 is 10.0 Å². The highest BCUT2D eigenvalue weighted by Gasteiger charge is 2.05. The highest BCUT2D eigenvalue weighted by atomic mass is 32.2. The molecule has 13 heavy (non-hydrogen) atoms. The van der Waals surface area contributed by atoms with Gasteiger partial charge in [-0.15, -0.1) is 0 Å². The number of hydrogen-bond donors (Lipinski definition) is 1. The van der Waals surface area contributed by atoms with Crippen LogP contribution in [0.25, 0.3) is 0 Å². The van der Waals surface area contributed by atoms with E-state index in [2.05, 4.69) is 4.98 Å². The Kier molecular flexibility index (Phi) is 2.84. The maximum absolute atomic E-state index is 10.7. The van der Waals surface area contributed by atoms with E-state index in [0.29, 0.717) is 11.3 Å². The summed E-state index contributed by atoms with van der Waals surface area (Å²) in [6.45, 7) is 0. The monoisotopic (exact) mass is 202 g/mol. The molecule has 5 nitrogen and oxygen atoms in total. The van der Waals surface area contributed by atoms with Crippen molar-refractivity contribution in [3.63, 3.8) is 0 Å². The molecule has 0 aromatic carbocycles. The molecule has 0 spiro atoms. The molecule has 0 atom stereocenters. The second kappa shape index (κ2) is 3.71. The van der Waals surface area contributed by atoms with E-state index in [1.807, 2.05) is 0 Å². The van der Waals surface area contributed by atoms with E-state index in [0.717, 1.165) is 0 Å². The molecule has 0 aliphatic carbocycles. The lowest BCUT2D eigenvalue weighted by molar-refractivity contribution is 0.412. The van der Waals surface area contributed by atoms with Crippen molar-refractivity contribution in [3.8, 4) is 5.75 Å². The largest absolute Gasteiger partial charge is 0.495 e. The highest BCUT2D eigenvalue weighted by Crippen LogP contribution is 2.11. The molecule has 0 unspecified atom stereocenters. The SMILES string of the molecule is COc1cncc(CS(N)(=O)=O)c1. The van der Waals surface area contributed by atoms with Crippen LogP contribution < -0.4 is 9.88 Å². The molecule has 0 saturated carbocycles. The van der Waals surface area contributed by atoms with Crippen LogP contribution >= 0.6 is 0 Å². The van der Waals surface area contributed by atoms with Crippen molar-refractivity contribution in [1.29, 1.82) is 0 Å². The average Bonchev–Trinajstić information content (AvgIpc) is 2.01. The molecule has 2 N–H and O–H groups in total. The fourth-order valence-electron chi connectivity index (χ4n) is 0.887. The van der Waals surface area contributed by atoms with Gasteiger partial charge in [-0.05, 0) is 11.6 Å². The predicted octanol–water partition coefficient (Wildman–Crippen LogP) is -0.121. The maximum atomic E-state index is 10.7. The third-order valence-corrected chi connectivity index (χ3v) is 2.11. The predicted molar refractivity (Wildman–Crippen MR) is 47.6 cm³/mol. The number of aromatic nitrogens is 1. The summed E-state index contributed by atoms with van der Waals surface area (Å²) in [5.41, 5.74) is 0.516. The van der Waals surface area contributed by atoms with Gasteiger partial charge in [0.25, 0.3) is 0 Å². The number of ether oxygens (including phenoxy) is 1. The van der Waals surface area contributed by atoms with E-state index in [9.17, 15) is 8.42 Å². The summed E-state index contributed by atoms with van der Waals surface area (Å²) in [6.07, 6.45) is 2.93. The molecule has 72 valence electrons. The fourth-order valence-corrected chi connectivity index (χ4v) is 1.51. The van der Waals surface area contributed by atoms with Gasteiger partial charge in [0.05, 0.1) is 19.1 Å². The zero-order valence-electron chi connectivity index (χ0n) is 7.10. The Bertz CT molecular complexity index is 388. The molecule has 1 aromatic heterocycles. The fraction of sp³-hybridized carbons (Fsp3) is 0.286. The number of primary sulfonamides is 1. The normalized spacial score (nSPS) is 11.2. The topological polar surface area (TPSA) is 82.3 Å². The smallest absolute Gasteiger partial charge is 0.213 e. The summed E-state index contributed by atoms with van der Waals surface area (Å²) in [6, 6.07) is 1.58. The Labute approximate surface area is 76.6 Å². The van der Waals surface area contributed by atoms with Gasteiger partial charge >= 0.3 is 0 Å². The first-order valence-corrected chi connectivity index (χ1v) is 5.21. The van der Waals surface area contributed by atoms with E-state index in [4.69, 9.17) is 9.88 Å². The molecule has 0 bridgehead atoms. The van der Waals surface area contributed by atoms with Crippen LogP contribution in [-0.2, 0) is 15.8 Å². The van der Waals surface area contributed by atoms with Crippen molar-refractivity contribution in [2.75, 3.05) is 7.11 Å². The summed E-state index contributed by atoms with van der Waals surface area (Å²) < 4.78 is 26.3. The Morgan fingerprint density at radius 3 is 2.77 bits per heavy atom. The first kappa shape index (κ1) is 9.94. The van der Waals surface area contributed by atoms with Crippen LogP contribution in [0.2, 0.25) is 0 Å². The van der Waals surface area contributed by atoms with Crippen molar-refractivity contribution in [2.24, 2.45) is 5.14 Å². The molecule has 1 heterocycles. The zero-order valence-corrected chi connectivity index (χ0v) is 7.91. The lowest BCUT2D eigenvalue weighted by atomic mass is 10.3. The lowest BCUT2D eigenvalue weighted by Crippen LogP contribution is -2.14. The number of sulfonamides is 1. The van der Waals surface area contributed by atoms with Crippen LogP contribution in [0.1, 0.15) is 5.56 Å².